The summed E-state index contributed by atoms with van der Waals surface area (Å²) in [5.41, 5.74) is 5.30. The van der Waals surface area contributed by atoms with Gasteiger partial charge in [0.05, 0.1) is 7.11 Å². The molecule has 0 aromatic rings. The molecule has 68 valence electrons. The molecule has 3 N–H and O–H groups in total. The number of rotatable bonds is 4. The Morgan fingerprint density at radius 2 is 2.25 bits per heavy atom. The Balaban J connectivity index is 3.96. The summed E-state index contributed by atoms with van der Waals surface area (Å²) in [7, 11) is 1.51. The number of hydrogen-bond acceptors (Lipinski definition) is 3. The predicted molar refractivity (Wildman–Crippen MR) is 49.9 cm³/mol. The van der Waals surface area contributed by atoms with Gasteiger partial charge in [0.2, 0.25) is 5.96 Å². The topological polar surface area (TPSA) is 72.0 Å². The fourth-order valence-electron chi connectivity index (χ4n) is 0.563. The van der Waals surface area contributed by atoms with Crippen LogP contribution in [-0.2, 0) is 4.74 Å². The molecule has 1 unspecified atom stereocenters. The lowest BCUT2D eigenvalue weighted by Crippen LogP contribution is -2.26. The maximum absolute atomic E-state index is 5.30. The van der Waals surface area contributed by atoms with Crippen LogP contribution in [0.1, 0.15) is 6.92 Å². The summed E-state index contributed by atoms with van der Waals surface area (Å²) in [5.74, 6) is 0.571. The zero-order valence-corrected chi connectivity index (χ0v) is 7.37. The van der Waals surface area contributed by atoms with E-state index in [1.165, 1.54) is 7.11 Å². The predicted octanol–water partition coefficient (Wildman–Crippen LogP) is 0.0549. The number of nitrogens with two attached hydrogens (primary N) is 1. The van der Waals surface area contributed by atoms with Crippen LogP contribution in [0.2, 0.25) is 0 Å². The lowest BCUT2D eigenvalue weighted by Gasteiger charge is -2.11. The van der Waals surface area contributed by atoms with E-state index in [1.54, 1.807) is 6.92 Å². The van der Waals surface area contributed by atoms with Gasteiger partial charge in [0.1, 0.15) is 6.17 Å². The van der Waals surface area contributed by atoms with Crippen molar-refractivity contribution in [2.24, 2.45) is 15.7 Å². The summed E-state index contributed by atoms with van der Waals surface area (Å²) < 4.78 is 4.77. The molecule has 0 saturated carbocycles. The Hall–Kier alpha value is -1.52. The number of ether oxygens (including phenoxy) is 1. The van der Waals surface area contributed by atoms with Gasteiger partial charge in [0.15, 0.2) is 5.88 Å². The van der Waals surface area contributed by atoms with Gasteiger partial charge < -0.3 is 15.8 Å². The molecular weight excluding hydrogens is 156 g/mol. The van der Waals surface area contributed by atoms with Gasteiger partial charge in [-0.05, 0) is 20.2 Å². The number of guanidine groups is 1. The van der Waals surface area contributed by atoms with Gasteiger partial charge in [-0.3, -0.25) is 0 Å². The van der Waals surface area contributed by atoms with Crippen molar-refractivity contribution < 1.29 is 4.74 Å². The molecule has 0 bridgehead atoms. The van der Waals surface area contributed by atoms with Crippen molar-refractivity contribution in [3.63, 3.8) is 0 Å². The van der Waals surface area contributed by atoms with Crippen molar-refractivity contribution in [2.75, 3.05) is 7.11 Å². The molecule has 0 spiro atoms. The van der Waals surface area contributed by atoms with Crippen molar-refractivity contribution in [1.29, 1.82) is 0 Å². The minimum Gasteiger partial charge on any atom is -0.483 e. The molecule has 0 fully saturated rings. The third kappa shape index (κ3) is 4.32. The Labute approximate surface area is 72.0 Å². The average Bonchev–Trinajstić information content (AvgIpc) is 2.03. The highest BCUT2D eigenvalue weighted by Crippen LogP contribution is 1.90. The standard InChI is InChI=1S/C7H14N4O/c1-5(10-6(2)12-4)11-7(8)9-3/h5,10H,2-3H2,1,4H3,(H2,8,11). The van der Waals surface area contributed by atoms with Gasteiger partial charge in [0.25, 0.3) is 0 Å². The van der Waals surface area contributed by atoms with E-state index in [9.17, 15) is 0 Å². The van der Waals surface area contributed by atoms with Crippen LogP contribution in [0.5, 0.6) is 0 Å². The second kappa shape index (κ2) is 5.17. The van der Waals surface area contributed by atoms with Crippen molar-refractivity contribution in [1.82, 2.24) is 5.32 Å². The van der Waals surface area contributed by atoms with Crippen LogP contribution in [0.15, 0.2) is 22.4 Å². The van der Waals surface area contributed by atoms with Crippen LogP contribution >= 0.6 is 0 Å². The molecule has 0 aliphatic heterocycles. The fraction of sp³-hybridized carbons (Fsp3) is 0.429. The van der Waals surface area contributed by atoms with Crippen LogP contribution in [0.25, 0.3) is 0 Å². The van der Waals surface area contributed by atoms with E-state index in [1.807, 2.05) is 0 Å². The average molecular weight is 170 g/mol. The van der Waals surface area contributed by atoms with E-state index in [4.69, 9.17) is 10.5 Å². The monoisotopic (exact) mass is 170 g/mol. The molecule has 1 atom stereocenters. The molecular formula is C7H14N4O. The van der Waals surface area contributed by atoms with Crippen LogP contribution in [-0.4, -0.2) is 26.0 Å². The molecule has 0 aliphatic carbocycles. The summed E-state index contributed by atoms with van der Waals surface area (Å²) in [4.78, 5) is 7.33. The van der Waals surface area contributed by atoms with E-state index in [2.05, 4.69) is 28.6 Å². The van der Waals surface area contributed by atoms with Crippen LogP contribution in [0.3, 0.4) is 0 Å². The number of aliphatic imine (C=N–C) groups is 2. The fourth-order valence-corrected chi connectivity index (χ4v) is 0.563. The molecule has 0 heterocycles. The first-order valence-corrected chi connectivity index (χ1v) is 3.39. The van der Waals surface area contributed by atoms with Crippen molar-refractivity contribution in [3.05, 3.63) is 12.5 Å². The summed E-state index contributed by atoms with van der Waals surface area (Å²) in [5, 5.41) is 2.82. The zero-order chi connectivity index (χ0) is 9.56. The lowest BCUT2D eigenvalue weighted by atomic mass is 10.6. The summed E-state index contributed by atoms with van der Waals surface area (Å²) in [6.45, 7) is 8.58. The Kier molecular flexibility index (Phi) is 4.52. The highest BCUT2D eigenvalue weighted by atomic mass is 16.5. The van der Waals surface area contributed by atoms with Crippen LogP contribution in [0, 0.1) is 0 Å². The normalized spacial score (nSPS) is 13.3. The van der Waals surface area contributed by atoms with Crippen molar-refractivity contribution >= 4 is 12.7 Å². The van der Waals surface area contributed by atoms with Crippen LogP contribution < -0.4 is 11.1 Å². The Bertz CT molecular complexity index is 200. The van der Waals surface area contributed by atoms with Gasteiger partial charge in [-0.2, -0.15) is 0 Å². The first kappa shape index (κ1) is 10.5. The smallest absolute Gasteiger partial charge is 0.216 e. The molecule has 12 heavy (non-hydrogen) atoms. The molecule has 0 saturated heterocycles. The minimum absolute atomic E-state index is 0.138. The van der Waals surface area contributed by atoms with Crippen molar-refractivity contribution in [2.45, 2.75) is 13.1 Å². The maximum Gasteiger partial charge on any atom is 0.216 e. The van der Waals surface area contributed by atoms with E-state index in [-0.39, 0.29) is 12.1 Å². The molecule has 5 nitrogen and oxygen atoms in total. The maximum atomic E-state index is 5.30. The van der Waals surface area contributed by atoms with Gasteiger partial charge in [-0.1, -0.05) is 0 Å². The van der Waals surface area contributed by atoms with Gasteiger partial charge in [-0.15, -0.1) is 0 Å². The van der Waals surface area contributed by atoms with Crippen molar-refractivity contribution in [3.8, 4) is 0 Å². The second-order valence-electron chi connectivity index (χ2n) is 2.09. The molecule has 0 aromatic heterocycles. The highest BCUT2D eigenvalue weighted by molar-refractivity contribution is 5.82. The van der Waals surface area contributed by atoms with Crippen LogP contribution in [0.4, 0.5) is 0 Å². The summed E-state index contributed by atoms with van der Waals surface area (Å²) in [6.07, 6.45) is -0.219. The van der Waals surface area contributed by atoms with E-state index < -0.39 is 0 Å². The molecule has 0 amide bonds. The van der Waals surface area contributed by atoms with E-state index in [0.717, 1.165) is 0 Å². The molecule has 0 radical (unpaired) electrons. The lowest BCUT2D eigenvalue weighted by molar-refractivity contribution is 0.254. The van der Waals surface area contributed by atoms with Gasteiger partial charge in [0, 0.05) is 0 Å². The van der Waals surface area contributed by atoms with Gasteiger partial charge >= 0.3 is 0 Å². The molecule has 0 aliphatic rings. The second-order valence-corrected chi connectivity index (χ2v) is 2.09. The van der Waals surface area contributed by atoms with Gasteiger partial charge in [-0.25, -0.2) is 9.98 Å². The SMILES string of the molecule is C=NC(N)=NC(C)NC(=C)OC. The first-order valence-electron chi connectivity index (χ1n) is 3.39. The van der Waals surface area contributed by atoms with E-state index in [0.29, 0.717) is 5.88 Å². The minimum atomic E-state index is -0.219. The number of hydrogen-bond donors (Lipinski definition) is 2. The third-order valence-electron chi connectivity index (χ3n) is 1.10. The zero-order valence-electron chi connectivity index (χ0n) is 7.37. The van der Waals surface area contributed by atoms with E-state index >= 15 is 0 Å². The number of nitrogens with one attached hydrogen (secondary N) is 1. The Morgan fingerprint density at radius 3 is 2.67 bits per heavy atom. The number of nitrogens with zero attached hydrogens (tertiary/aromatic N) is 2. The Morgan fingerprint density at radius 1 is 1.67 bits per heavy atom. The quantitative estimate of drug-likeness (QED) is 0.356. The highest BCUT2D eigenvalue weighted by Gasteiger charge is 1.99. The summed E-state index contributed by atoms with van der Waals surface area (Å²) >= 11 is 0. The number of methoxy groups -OCH3 is 1. The molecule has 5 heteroatoms. The molecule has 0 aromatic carbocycles. The summed E-state index contributed by atoms with van der Waals surface area (Å²) in [6, 6.07) is 0. The first-order chi connectivity index (χ1) is 5.60. The molecule has 0 rings (SSSR count). The largest absolute Gasteiger partial charge is 0.483 e. The third-order valence-corrected chi connectivity index (χ3v) is 1.10.